The number of quaternary nitrogens is 2. The summed E-state index contributed by atoms with van der Waals surface area (Å²) in [5, 5.41) is 21.7. The quantitative estimate of drug-likeness (QED) is 0.542. The van der Waals surface area contributed by atoms with Gasteiger partial charge in [-0.05, 0) is 12.0 Å². The average Bonchev–Trinajstić information content (AvgIpc) is 2.36. The Labute approximate surface area is 133 Å². The molecule has 1 aromatic rings. The van der Waals surface area contributed by atoms with E-state index in [1.165, 1.54) is 6.08 Å². The van der Waals surface area contributed by atoms with Gasteiger partial charge < -0.3 is 32.1 Å². The van der Waals surface area contributed by atoms with Crippen molar-refractivity contribution in [2.24, 2.45) is 0 Å². The minimum atomic E-state index is -5.21. The molecular formula is C13H20N2O7S. The van der Waals surface area contributed by atoms with Crippen LogP contribution in [0.1, 0.15) is 18.4 Å². The van der Waals surface area contributed by atoms with E-state index in [1.54, 1.807) is 30.3 Å². The van der Waals surface area contributed by atoms with E-state index < -0.39 is 39.6 Å². The minimum absolute atomic E-state index is 0. The Morgan fingerprint density at radius 2 is 1.65 bits per heavy atom. The molecule has 0 radical (unpaired) electrons. The first-order valence-electron chi connectivity index (χ1n) is 5.79. The van der Waals surface area contributed by atoms with Crippen LogP contribution >= 0.6 is 0 Å². The lowest BCUT2D eigenvalue weighted by atomic mass is 9.99. The standard InChI is InChI=1S/C13H14O7S.2H3N/c14-11(15)9-13(12(16)17,21(18,19)20)8-4-7-10-5-2-1-3-6-10;;/h1-7H,8-9H2,(H,14,15)(H,16,17)(H,18,19,20);2*1H3. The average molecular weight is 348 g/mol. The molecule has 9 nitrogen and oxygen atoms in total. The zero-order chi connectivity index (χ0) is 16.1. The molecule has 10 heteroatoms. The van der Waals surface area contributed by atoms with Gasteiger partial charge in [-0.2, -0.15) is 8.42 Å². The fraction of sp³-hybridized carbons (Fsp3) is 0.231. The molecule has 23 heavy (non-hydrogen) atoms. The number of carbonyl (C=O) groups is 2. The monoisotopic (exact) mass is 348 g/mol. The normalized spacial score (nSPS) is 13.4. The molecule has 0 aliphatic carbocycles. The van der Waals surface area contributed by atoms with Crippen molar-refractivity contribution >= 4 is 28.1 Å². The Balaban J connectivity index is 0. The van der Waals surface area contributed by atoms with E-state index >= 15 is 0 Å². The maximum atomic E-state index is 11.3. The van der Waals surface area contributed by atoms with Gasteiger partial charge in [-0.3, -0.25) is 4.55 Å². The smallest absolute Gasteiger partial charge is 0.276 e. The van der Waals surface area contributed by atoms with E-state index in [9.17, 15) is 28.2 Å². The molecule has 0 bridgehead atoms. The second kappa shape index (κ2) is 9.00. The van der Waals surface area contributed by atoms with Gasteiger partial charge in [-0.15, -0.1) is 0 Å². The maximum Gasteiger partial charge on any atom is 0.276 e. The predicted molar refractivity (Wildman–Crippen MR) is 81.0 cm³/mol. The van der Waals surface area contributed by atoms with Crippen LogP contribution in [-0.2, 0) is 19.7 Å². The van der Waals surface area contributed by atoms with Gasteiger partial charge in [0.2, 0.25) is 0 Å². The van der Waals surface area contributed by atoms with Crippen LogP contribution < -0.4 is 22.5 Å². The molecule has 0 heterocycles. The summed E-state index contributed by atoms with van der Waals surface area (Å²) in [5.74, 6) is -4.13. The summed E-state index contributed by atoms with van der Waals surface area (Å²) >= 11 is 0. The third kappa shape index (κ3) is 5.79. The summed E-state index contributed by atoms with van der Waals surface area (Å²) in [4.78, 5) is 21.7. The summed E-state index contributed by atoms with van der Waals surface area (Å²) < 4.78 is 28.7. The first-order valence-corrected chi connectivity index (χ1v) is 7.23. The van der Waals surface area contributed by atoms with Crippen LogP contribution in [0, 0.1) is 0 Å². The second-order valence-corrected chi connectivity index (χ2v) is 6.05. The number of carboxylic acid groups (broad SMARTS) is 2. The van der Waals surface area contributed by atoms with Crippen LogP contribution in [0.15, 0.2) is 36.4 Å². The number of allylic oxidation sites excluding steroid dienone is 1. The van der Waals surface area contributed by atoms with Crippen LogP contribution in [0.25, 0.3) is 6.08 Å². The van der Waals surface area contributed by atoms with Crippen molar-refractivity contribution in [3.05, 3.63) is 42.0 Å². The van der Waals surface area contributed by atoms with E-state index in [0.717, 1.165) is 6.08 Å². The Hall–Kier alpha value is -2.27. The van der Waals surface area contributed by atoms with Crippen molar-refractivity contribution in [2.45, 2.75) is 17.6 Å². The minimum Gasteiger partial charge on any atom is -0.550 e. The topological polar surface area (TPSA) is 208 Å². The Kier molecular flexibility index (Phi) is 9.00. The fourth-order valence-electron chi connectivity index (χ4n) is 1.71. The summed E-state index contributed by atoms with van der Waals surface area (Å²) in [7, 11) is -5.21. The molecule has 0 amide bonds. The lowest BCUT2D eigenvalue weighted by Crippen LogP contribution is -2.56. The number of hydrogen-bond donors (Lipinski definition) is 3. The van der Waals surface area contributed by atoms with E-state index in [1.807, 2.05) is 0 Å². The Morgan fingerprint density at radius 1 is 1.13 bits per heavy atom. The Morgan fingerprint density at radius 3 is 2.04 bits per heavy atom. The van der Waals surface area contributed by atoms with E-state index in [-0.39, 0.29) is 12.3 Å². The summed E-state index contributed by atoms with van der Waals surface area (Å²) in [5.41, 5.74) is 0.647. The molecule has 1 unspecified atom stereocenters. The van der Waals surface area contributed by atoms with E-state index in [4.69, 9.17) is 4.55 Å². The van der Waals surface area contributed by atoms with Crippen LogP contribution in [-0.4, -0.2) is 29.7 Å². The molecule has 9 N–H and O–H groups in total. The third-order valence-corrected chi connectivity index (χ3v) is 4.32. The summed E-state index contributed by atoms with van der Waals surface area (Å²) in [6, 6.07) is 8.50. The van der Waals surface area contributed by atoms with Gasteiger partial charge in [-0.1, -0.05) is 42.5 Å². The number of aliphatic carboxylic acids is 2. The van der Waals surface area contributed by atoms with Gasteiger partial charge in [-0.25, -0.2) is 0 Å². The molecule has 0 spiro atoms. The molecule has 1 rings (SSSR count). The van der Waals surface area contributed by atoms with Crippen LogP contribution in [0.2, 0.25) is 0 Å². The first kappa shape index (κ1) is 23.0. The predicted octanol–water partition coefficient (Wildman–Crippen LogP) is -0.641. The van der Waals surface area contributed by atoms with Crippen molar-refractivity contribution in [1.82, 2.24) is 12.3 Å². The number of carbonyl (C=O) groups excluding carboxylic acids is 2. The van der Waals surface area contributed by atoms with Gasteiger partial charge in [0.1, 0.15) is 4.75 Å². The van der Waals surface area contributed by atoms with Gasteiger partial charge in [0.15, 0.2) is 0 Å². The fourth-order valence-corrected chi connectivity index (χ4v) is 2.53. The Bertz CT molecular complexity index is 658. The third-order valence-electron chi connectivity index (χ3n) is 2.85. The molecule has 0 aliphatic heterocycles. The van der Waals surface area contributed by atoms with Gasteiger partial charge in [0, 0.05) is 12.4 Å². The van der Waals surface area contributed by atoms with Crippen LogP contribution in [0.5, 0.6) is 0 Å². The van der Waals surface area contributed by atoms with E-state index in [2.05, 4.69) is 0 Å². The molecule has 1 aromatic carbocycles. The molecular weight excluding hydrogens is 328 g/mol. The largest absolute Gasteiger partial charge is 0.550 e. The molecule has 0 aromatic heterocycles. The second-order valence-electron chi connectivity index (χ2n) is 4.32. The highest BCUT2D eigenvalue weighted by atomic mass is 32.2. The highest BCUT2D eigenvalue weighted by Gasteiger charge is 2.44. The number of rotatable bonds is 7. The highest BCUT2D eigenvalue weighted by Crippen LogP contribution is 2.26. The zero-order valence-corrected chi connectivity index (χ0v) is 13.6. The van der Waals surface area contributed by atoms with Crippen molar-refractivity contribution in [3.63, 3.8) is 0 Å². The molecule has 0 saturated heterocycles. The number of hydrogen-bond acceptors (Lipinski definition) is 6. The van der Waals surface area contributed by atoms with Crippen molar-refractivity contribution in [1.29, 1.82) is 0 Å². The highest BCUT2D eigenvalue weighted by molar-refractivity contribution is 7.88. The van der Waals surface area contributed by atoms with Crippen LogP contribution in [0.3, 0.4) is 0 Å². The summed E-state index contributed by atoms with van der Waals surface area (Å²) in [6.45, 7) is 0. The van der Waals surface area contributed by atoms with Gasteiger partial charge in [0.05, 0.1) is 5.97 Å². The summed E-state index contributed by atoms with van der Waals surface area (Å²) in [6.07, 6.45) is 0.365. The van der Waals surface area contributed by atoms with Crippen molar-refractivity contribution in [2.75, 3.05) is 0 Å². The molecule has 0 fully saturated rings. The molecule has 1 atom stereocenters. The molecule has 0 saturated carbocycles. The number of carboxylic acids is 2. The van der Waals surface area contributed by atoms with Gasteiger partial charge in [0.25, 0.3) is 10.1 Å². The van der Waals surface area contributed by atoms with Crippen LogP contribution in [0.4, 0.5) is 0 Å². The van der Waals surface area contributed by atoms with Crippen molar-refractivity contribution in [3.8, 4) is 0 Å². The SMILES string of the molecule is O=C([O-])CC(CC=Cc1ccccc1)(C(=O)[O-])S(=O)(=O)O.[NH4+].[NH4+]. The first-order chi connectivity index (χ1) is 9.69. The lowest BCUT2D eigenvalue weighted by Gasteiger charge is -2.30. The molecule has 130 valence electrons. The molecule has 0 aliphatic rings. The zero-order valence-electron chi connectivity index (χ0n) is 12.8. The van der Waals surface area contributed by atoms with E-state index in [0.29, 0.717) is 5.56 Å². The lowest BCUT2D eigenvalue weighted by molar-refractivity contribution is -0.318. The number of benzene rings is 1. The van der Waals surface area contributed by atoms with Crippen molar-refractivity contribution < 1.29 is 32.8 Å². The maximum absolute atomic E-state index is 11.3. The van der Waals surface area contributed by atoms with Gasteiger partial charge >= 0.3 is 0 Å².